The fraction of sp³-hybridized carbons (Fsp3) is 0.353. The summed E-state index contributed by atoms with van der Waals surface area (Å²) < 4.78 is 36.1. The maximum absolute atomic E-state index is 12.2. The van der Waals surface area contributed by atoms with Gasteiger partial charge in [0.2, 0.25) is 10.0 Å². The molecule has 0 saturated carbocycles. The van der Waals surface area contributed by atoms with E-state index in [2.05, 4.69) is 9.88 Å². The van der Waals surface area contributed by atoms with Gasteiger partial charge in [-0.2, -0.15) is 4.72 Å². The van der Waals surface area contributed by atoms with E-state index in [1.807, 2.05) is 19.1 Å². The van der Waals surface area contributed by atoms with E-state index < -0.39 is 29.1 Å². The van der Waals surface area contributed by atoms with Gasteiger partial charge in [-0.25, -0.2) is 8.42 Å². The van der Waals surface area contributed by atoms with Crippen LogP contribution in [0.25, 0.3) is 0 Å². The van der Waals surface area contributed by atoms with Gasteiger partial charge in [-0.05, 0) is 25.8 Å². The quantitative estimate of drug-likeness (QED) is 0.546. The van der Waals surface area contributed by atoms with Gasteiger partial charge in [0.25, 0.3) is 0 Å². The van der Waals surface area contributed by atoms with E-state index in [9.17, 15) is 18.0 Å². The summed E-state index contributed by atoms with van der Waals surface area (Å²) in [7, 11) is -3.96. The Labute approximate surface area is 151 Å². The zero-order valence-electron chi connectivity index (χ0n) is 14.7. The molecule has 1 aromatic heterocycles. The smallest absolute Gasteiger partial charge is 0.321 e. The highest BCUT2D eigenvalue weighted by molar-refractivity contribution is 7.89. The molecule has 0 fully saturated rings. The average Bonchev–Trinajstić information content (AvgIpc) is 2.97. The fourth-order valence-electron chi connectivity index (χ4n) is 2.29. The molecule has 0 aliphatic carbocycles. The van der Waals surface area contributed by atoms with Crippen molar-refractivity contribution in [3.8, 4) is 0 Å². The molecule has 26 heavy (non-hydrogen) atoms. The van der Waals surface area contributed by atoms with Gasteiger partial charge >= 0.3 is 5.97 Å². The Balaban J connectivity index is 1.87. The molecule has 0 saturated heterocycles. The van der Waals surface area contributed by atoms with Crippen molar-refractivity contribution in [2.45, 2.75) is 32.1 Å². The van der Waals surface area contributed by atoms with Crippen LogP contribution in [0, 0.1) is 13.8 Å². The minimum atomic E-state index is -3.96. The lowest BCUT2D eigenvalue weighted by Crippen LogP contribution is -2.32. The van der Waals surface area contributed by atoms with E-state index in [1.54, 1.807) is 12.1 Å². The number of Topliss-reactive ketones (excluding diaryl/α,β-unsaturated/α-hetero) is 1. The minimum absolute atomic E-state index is 0.114. The number of nitrogens with one attached hydrogen (secondary N) is 1. The number of carbonyl (C=O) groups excluding carboxylic acids is 2. The van der Waals surface area contributed by atoms with Gasteiger partial charge in [0.1, 0.15) is 17.1 Å². The van der Waals surface area contributed by atoms with Crippen molar-refractivity contribution in [3.05, 3.63) is 46.8 Å². The van der Waals surface area contributed by atoms with Crippen LogP contribution < -0.4 is 4.72 Å². The van der Waals surface area contributed by atoms with Crippen LogP contribution in [-0.2, 0) is 26.0 Å². The van der Waals surface area contributed by atoms with Crippen LogP contribution in [0.3, 0.4) is 0 Å². The van der Waals surface area contributed by atoms with E-state index in [1.165, 1.54) is 13.8 Å². The molecule has 2 aromatic rings. The molecular formula is C17H20N2O6S. The zero-order chi connectivity index (χ0) is 19.3. The van der Waals surface area contributed by atoms with Gasteiger partial charge in [0, 0.05) is 5.56 Å². The lowest BCUT2D eigenvalue weighted by molar-refractivity contribution is -0.141. The highest BCUT2D eigenvalue weighted by Gasteiger charge is 2.25. The van der Waals surface area contributed by atoms with E-state index in [0.717, 1.165) is 12.0 Å². The third kappa shape index (κ3) is 4.77. The summed E-state index contributed by atoms with van der Waals surface area (Å²) in [5, 5.41) is 3.56. The van der Waals surface area contributed by atoms with Gasteiger partial charge in [-0.1, -0.05) is 36.3 Å². The minimum Gasteiger partial charge on any atom is -0.456 e. The first kappa shape index (κ1) is 19.8. The summed E-state index contributed by atoms with van der Waals surface area (Å²) in [5.41, 5.74) is 1.70. The van der Waals surface area contributed by atoms with Crippen molar-refractivity contribution in [3.63, 3.8) is 0 Å². The molecule has 1 heterocycles. The first-order chi connectivity index (χ1) is 12.2. The maximum Gasteiger partial charge on any atom is 0.321 e. The molecule has 1 aromatic carbocycles. The van der Waals surface area contributed by atoms with Crippen LogP contribution in [0.2, 0.25) is 0 Å². The number of ether oxygens (including phenoxy) is 1. The second-order valence-corrected chi connectivity index (χ2v) is 7.32. The lowest BCUT2D eigenvalue weighted by atomic mass is 10.1. The Kier molecular flexibility index (Phi) is 6.27. The van der Waals surface area contributed by atoms with Gasteiger partial charge in [-0.15, -0.1) is 0 Å². The number of rotatable bonds is 8. The molecule has 1 N–H and O–H groups in total. The van der Waals surface area contributed by atoms with E-state index in [-0.39, 0.29) is 22.1 Å². The topological polar surface area (TPSA) is 116 Å². The largest absolute Gasteiger partial charge is 0.456 e. The molecule has 0 bridgehead atoms. The number of nitrogens with zero attached hydrogens (tertiary/aromatic N) is 1. The van der Waals surface area contributed by atoms with Crippen molar-refractivity contribution in [2.24, 2.45) is 0 Å². The predicted octanol–water partition coefficient (Wildman–Crippen LogP) is 1.56. The number of sulfonamides is 1. The lowest BCUT2D eigenvalue weighted by Gasteiger charge is -2.07. The van der Waals surface area contributed by atoms with E-state index >= 15 is 0 Å². The van der Waals surface area contributed by atoms with Gasteiger partial charge in [-0.3, -0.25) is 9.59 Å². The third-order valence-corrected chi connectivity index (χ3v) is 5.34. The normalized spacial score (nSPS) is 11.3. The third-order valence-electron chi connectivity index (χ3n) is 3.69. The Hall–Kier alpha value is -2.52. The molecular weight excluding hydrogens is 360 g/mol. The molecule has 0 unspecified atom stereocenters. The molecule has 9 heteroatoms. The number of carbonyl (C=O) groups is 2. The van der Waals surface area contributed by atoms with Crippen molar-refractivity contribution < 1.29 is 27.3 Å². The van der Waals surface area contributed by atoms with Crippen LogP contribution in [0.15, 0.2) is 33.7 Å². The number of aromatic nitrogens is 1. The Morgan fingerprint density at radius 2 is 1.85 bits per heavy atom. The van der Waals surface area contributed by atoms with Crippen LogP contribution >= 0.6 is 0 Å². The summed E-state index contributed by atoms with van der Waals surface area (Å²) in [6.45, 7) is 3.87. The number of benzene rings is 1. The zero-order valence-corrected chi connectivity index (χ0v) is 15.6. The molecule has 8 nitrogen and oxygen atoms in total. The first-order valence-corrected chi connectivity index (χ1v) is 9.43. The Morgan fingerprint density at radius 1 is 1.19 bits per heavy atom. The van der Waals surface area contributed by atoms with E-state index in [0.29, 0.717) is 5.56 Å². The molecule has 0 amide bonds. The van der Waals surface area contributed by atoms with Crippen LogP contribution in [0.1, 0.15) is 34.3 Å². The average molecular weight is 380 g/mol. The highest BCUT2D eigenvalue weighted by atomic mass is 32.2. The summed E-state index contributed by atoms with van der Waals surface area (Å²) in [6.07, 6.45) is 0.856. The molecule has 140 valence electrons. The predicted molar refractivity (Wildman–Crippen MR) is 92.3 cm³/mol. The van der Waals surface area contributed by atoms with Crippen molar-refractivity contribution in [1.29, 1.82) is 0 Å². The molecule has 2 rings (SSSR count). The van der Waals surface area contributed by atoms with E-state index in [4.69, 9.17) is 9.26 Å². The molecule has 0 atom stereocenters. The summed E-state index contributed by atoms with van der Waals surface area (Å²) in [6, 6.07) is 6.98. The highest BCUT2D eigenvalue weighted by Crippen LogP contribution is 2.18. The van der Waals surface area contributed by atoms with Gasteiger partial charge in [0.15, 0.2) is 18.2 Å². The van der Waals surface area contributed by atoms with Crippen molar-refractivity contribution in [2.75, 3.05) is 13.2 Å². The summed E-state index contributed by atoms with van der Waals surface area (Å²) >= 11 is 0. The number of esters is 1. The van der Waals surface area contributed by atoms with Gasteiger partial charge < -0.3 is 9.26 Å². The second kappa shape index (κ2) is 8.24. The number of hydrogen-bond acceptors (Lipinski definition) is 7. The summed E-state index contributed by atoms with van der Waals surface area (Å²) in [4.78, 5) is 23.6. The fourth-order valence-corrected chi connectivity index (χ4v) is 3.59. The van der Waals surface area contributed by atoms with Crippen molar-refractivity contribution in [1.82, 2.24) is 9.88 Å². The first-order valence-electron chi connectivity index (χ1n) is 7.95. The number of aryl methyl sites for hydroxylation is 3. The maximum atomic E-state index is 12.2. The number of ketones is 1. The molecule has 0 aliphatic rings. The van der Waals surface area contributed by atoms with Gasteiger partial charge in [0.05, 0.1) is 0 Å². The van der Waals surface area contributed by atoms with Crippen molar-refractivity contribution >= 4 is 21.8 Å². The standard InChI is InChI=1S/C17H20N2O6S/c1-4-13-5-7-14(8-6-13)15(20)10-24-16(21)9-18-26(22,23)17-11(2)19-25-12(17)3/h5-8,18H,4,9-10H2,1-3H3. The monoisotopic (exact) mass is 380 g/mol. The Bertz CT molecular complexity index is 880. The summed E-state index contributed by atoms with van der Waals surface area (Å²) in [5.74, 6) is -1.11. The second-order valence-electron chi connectivity index (χ2n) is 5.61. The number of hydrogen-bond donors (Lipinski definition) is 1. The SMILES string of the molecule is CCc1ccc(C(=O)COC(=O)CNS(=O)(=O)c2c(C)noc2C)cc1. The van der Waals surface area contributed by atoms with Crippen LogP contribution in [0.5, 0.6) is 0 Å². The van der Waals surface area contributed by atoms with Crippen LogP contribution in [0.4, 0.5) is 0 Å². The molecule has 0 radical (unpaired) electrons. The molecule has 0 spiro atoms. The molecule has 0 aliphatic heterocycles. The Morgan fingerprint density at radius 3 is 2.38 bits per heavy atom. The van der Waals surface area contributed by atoms with Crippen LogP contribution in [-0.4, -0.2) is 38.5 Å².